The molecule has 2 aromatic rings. The van der Waals surface area contributed by atoms with Crippen molar-refractivity contribution in [2.24, 2.45) is 0 Å². The smallest absolute Gasteiger partial charge is 0.346 e. The van der Waals surface area contributed by atoms with E-state index in [0.717, 1.165) is 0 Å². The molecule has 0 radical (unpaired) electrons. The first-order chi connectivity index (χ1) is 7.66. The fourth-order valence-corrected chi connectivity index (χ4v) is 1.83. The van der Waals surface area contributed by atoms with Gasteiger partial charge in [-0.1, -0.05) is 6.07 Å². The second-order valence-electron chi connectivity index (χ2n) is 3.09. The van der Waals surface area contributed by atoms with E-state index >= 15 is 0 Å². The van der Waals surface area contributed by atoms with Crippen molar-refractivity contribution in [1.29, 1.82) is 0 Å². The van der Waals surface area contributed by atoms with Crippen LogP contribution in [-0.2, 0) is 0 Å². The third kappa shape index (κ3) is 2.14. The predicted molar refractivity (Wildman–Crippen MR) is 61.8 cm³/mol. The maximum atomic E-state index is 11.6. The van der Waals surface area contributed by atoms with E-state index in [-0.39, 0.29) is 11.5 Å². The molecule has 0 unspecified atom stereocenters. The van der Waals surface area contributed by atoms with Gasteiger partial charge in [-0.05, 0) is 23.6 Å². The molecule has 0 atom stereocenters. The summed E-state index contributed by atoms with van der Waals surface area (Å²) in [5.41, 5.74) is 5.93. The van der Waals surface area contributed by atoms with E-state index in [2.05, 4.69) is 0 Å². The van der Waals surface area contributed by atoms with Gasteiger partial charge in [0.2, 0.25) is 0 Å². The van der Waals surface area contributed by atoms with Crippen molar-refractivity contribution in [3.63, 3.8) is 0 Å². The lowest BCUT2D eigenvalue weighted by molar-refractivity contribution is 0.0736. The van der Waals surface area contributed by atoms with Crippen LogP contribution in [-0.4, -0.2) is 11.1 Å². The van der Waals surface area contributed by atoms with E-state index in [0.29, 0.717) is 10.6 Å². The fourth-order valence-electron chi connectivity index (χ4n) is 1.20. The molecule has 0 amide bonds. The molecule has 0 saturated carbocycles. The first-order valence-electron chi connectivity index (χ1n) is 4.51. The van der Waals surface area contributed by atoms with Gasteiger partial charge in [0.05, 0.1) is 5.56 Å². The van der Waals surface area contributed by atoms with Gasteiger partial charge >= 0.3 is 5.97 Å². The second-order valence-corrected chi connectivity index (χ2v) is 4.03. The molecule has 0 saturated heterocycles. The minimum atomic E-state index is -0.524. The Balaban J connectivity index is 2.17. The van der Waals surface area contributed by atoms with E-state index < -0.39 is 5.97 Å². The first-order valence-corrected chi connectivity index (χ1v) is 5.39. The van der Waals surface area contributed by atoms with Crippen molar-refractivity contribution in [3.8, 4) is 11.5 Å². The summed E-state index contributed by atoms with van der Waals surface area (Å²) in [5.74, 6) is -0.191. The van der Waals surface area contributed by atoms with Crippen molar-refractivity contribution in [3.05, 3.63) is 41.3 Å². The van der Waals surface area contributed by atoms with Crippen molar-refractivity contribution in [2.45, 2.75) is 0 Å². The third-order valence-corrected chi connectivity index (χ3v) is 2.69. The average Bonchev–Trinajstić information content (AvgIpc) is 2.64. The van der Waals surface area contributed by atoms with Gasteiger partial charge in [0.25, 0.3) is 0 Å². The van der Waals surface area contributed by atoms with Gasteiger partial charge in [-0.3, -0.25) is 0 Å². The number of carbonyl (C=O) groups excluding carboxylic acids is 1. The molecule has 2 rings (SSSR count). The minimum absolute atomic E-state index is 0.0450. The molecule has 0 fully saturated rings. The lowest BCUT2D eigenvalue weighted by atomic mass is 10.3. The second kappa shape index (κ2) is 4.24. The Morgan fingerprint density at radius 1 is 1.38 bits per heavy atom. The average molecular weight is 235 g/mol. The number of rotatable bonds is 2. The molecule has 0 spiro atoms. The van der Waals surface area contributed by atoms with E-state index in [1.807, 2.05) is 0 Å². The van der Waals surface area contributed by atoms with Crippen molar-refractivity contribution in [2.75, 3.05) is 5.73 Å². The third-order valence-electron chi connectivity index (χ3n) is 1.94. The largest absolute Gasteiger partial charge is 0.508 e. The Morgan fingerprint density at radius 3 is 2.81 bits per heavy atom. The summed E-state index contributed by atoms with van der Waals surface area (Å²) in [6, 6.07) is 7.64. The molecule has 1 aromatic carbocycles. The number of aromatic hydroxyl groups is 1. The number of ether oxygens (including phenoxy) is 1. The van der Waals surface area contributed by atoms with Crippen LogP contribution in [0.2, 0.25) is 0 Å². The number of nitrogens with two attached hydrogens (primary N) is 1. The minimum Gasteiger partial charge on any atom is -0.508 e. The maximum Gasteiger partial charge on any atom is 0.346 e. The molecule has 1 aromatic heterocycles. The van der Waals surface area contributed by atoms with Crippen molar-refractivity contribution < 1.29 is 14.6 Å². The van der Waals surface area contributed by atoms with Gasteiger partial charge in [-0.15, -0.1) is 11.3 Å². The number of hydrogen-bond acceptors (Lipinski definition) is 5. The van der Waals surface area contributed by atoms with Gasteiger partial charge in [0.15, 0.2) is 0 Å². The summed E-state index contributed by atoms with van der Waals surface area (Å²) in [6.45, 7) is 0. The van der Waals surface area contributed by atoms with Gasteiger partial charge in [0, 0.05) is 6.07 Å². The van der Waals surface area contributed by atoms with Crippen LogP contribution in [0.5, 0.6) is 11.5 Å². The molecule has 5 heteroatoms. The molecular weight excluding hydrogens is 226 g/mol. The van der Waals surface area contributed by atoms with Gasteiger partial charge < -0.3 is 15.6 Å². The number of benzene rings is 1. The summed E-state index contributed by atoms with van der Waals surface area (Å²) in [5, 5.41) is 11.3. The molecule has 3 N–H and O–H groups in total. The Morgan fingerprint density at radius 2 is 2.19 bits per heavy atom. The van der Waals surface area contributed by atoms with Gasteiger partial charge in [0.1, 0.15) is 16.5 Å². The molecule has 1 heterocycles. The quantitative estimate of drug-likeness (QED) is 0.618. The topological polar surface area (TPSA) is 72.6 Å². The van der Waals surface area contributed by atoms with Crippen LogP contribution in [0.3, 0.4) is 0 Å². The van der Waals surface area contributed by atoms with Crippen molar-refractivity contribution >= 4 is 22.3 Å². The highest BCUT2D eigenvalue weighted by Crippen LogP contribution is 2.23. The number of anilines is 1. The number of esters is 1. The zero-order valence-electron chi connectivity index (χ0n) is 8.21. The highest BCUT2D eigenvalue weighted by molar-refractivity contribution is 7.14. The summed E-state index contributed by atoms with van der Waals surface area (Å²) in [6.07, 6.45) is 0. The fraction of sp³-hybridized carbons (Fsp3) is 0. The Hall–Kier alpha value is -2.01. The van der Waals surface area contributed by atoms with E-state index in [1.165, 1.54) is 23.5 Å². The molecule has 0 aliphatic carbocycles. The van der Waals surface area contributed by atoms with Crippen LogP contribution in [0, 0.1) is 0 Å². The number of nitrogen functional groups attached to an aromatic ring is 1. The van der Waals surface area contributed by atoms with E-state index in [4.69, 9.17) is 10.5 Å². The van der Waals surface area contributed by atoms with Crippen LogP contribution >= 0.6 is 11.3 Å². The highest BCUT2D eigenvalue weighted by atomic mass is 32.1. The maximum absolute atomic E-state index is 11.6. The monoisotopic (exact) mass is 235 g/mol. The van der Waals surface area contributed by atoms with E-state index in [1.54, 1.807) is 23.6 Å². The molecule has 16 heavy (non-hydrogen) atoms. The Bertz CT molecular complexity index is 521. The van der Waals surface area contributed by atoms with Crippen molar-refractivity contribution in [1.82, 2.24) is 0 Å². The van der Waals surface area contributed by atoms with Crippen LogP contribution < -0.4 is 10.5 Å². The van der Waals surface area contributed by atoms with Crippen LogP contribution in [0.1, 0.15) is 10.4 Å². The van der Waals surface area contributed by atoms with Gasteiger partial charge in [-0.25, -0.2) is 4.79 Å². The van der Waals surface area contributed by atoms with E-state index in [9.17, 15) is 9.90 Å². The standard InChI is InChI=1S/C11H9NO3S/c12-10-9(4-5-16-10)11(14)15-8-3-1-2-7(13)6-8/h1-6,13H,12H2. The molecule has 82 valence electrons. The highest BCUT2D eigenvalue weighted by Gasteiger charge is 2.13. The molecule has 0 aliphatic heterocycles. The Kier molecular flexibility index (Phi) is 2.78. The van der Waals surface area contributed by atoms with Crippen LogP contribution in [0.4, 0.5) is 5.00 Å². The summed E-state index contributed by atoms with van der Waals surface area (Å²) >= 11 is 1.27. The predicted octanol–water partition coefficient (Wildman–Crippen LogP) is 2.26. The number of hydrogen-bond donors (Lipinski definition) is 2. The SMILES string of the molecule is Nc1sccc1C(=O)Oc1cccc(O)c1. The summed E-state index contributed by atoms with van der Waals surface area (Å²) < 4.78 is 5.05. The van der Waals surface area contributed by atoms with Crippen LogP contribution in [0.15, 0.2) is 35.7 Å². The van der Waals surface area contributed by atoms with Crippen LogP contribution in [0.25, 0.3) is 0 Å². The number of phenols is 1. The zero-order chi connectivity index (χ0) is 11.5. The van der Waals surface area contributed by atoms with Gasteiger partial charge in [-0.2, -0.15) is 0 Å². The lowest BCUT2D eigenvalue weighted by Crippen LogP contribution is -2.09. The first kappa shape index (κ1) is 10.5. The Labute approximate surface area is 95.9 Å². The molecule has 0 bridgehead atoms. The number of carbonyl (C=O) groups is 1. The normalized spacial score (nSPS) is 10.0. The molecule has 4 nitrogen and oxygen atoms in total. The molecular formula is C11H9NO3S. The zero-order valence-corrected chi connectivity index (χ0v) is 9.03. The summed E-state index contributed by atoms with van der Waals surface area (Å²) in [7, 11) is 0. The molecule has 0 aliphatic rings. The summed E-state index contributed by atoms with van der Waals surface area (Å²) in [4.78, 5) is 11.6. The lowest BCUT2D eigenvalue weighted by Gasteiger charge is -2.03. The number of thiophene rings is 1. The number of phenolic OH excluding ortho intramolecular Hbond substituents is 1.